The molecule has 3 heterocycles. The number of esters is 2. The minimum Gasteiger partial charge on any atom is -0.465 e. The number of carbonyl (C=O) groups is 4. The Morgan fingerprint density at radius 3 is 2.11 bits per heavy atom. The number of amides is 2. The first kappa shape index (κ1) is 24.1. The van der Waals surface area contributed by atoms with Crippen LogP contribution in [0.1, 0.15) is 58.2 Å². The third kappa shape index (κ3) is 3.15. The van der Waals surface area contributed by atoms with Crippen LogP contribution >= 0.6 is 11.8 Å². The molecule has 0 radical (unpaired) electrons. The minimum atomic E-state index is -1.38. The lowest BCUT2D eigenvalue weighted by atomic mass is 9.88. The van der Waals surface area contributed by atoms with Crippen molar-refractivity contribution in [3.05, 3.63) is 64.2 Å². The van der Waals surface area contributed by atoms with Crippen molar-refractivity contribution in [1.82, 2.24) is 0 Å². The van der Waals surface area contributed by atoms with Crippen molar-refractivity contribution in [3.63, 3.8) is 0 Å². The van der Waals surface area contributed by atoms with Gasteiger partial charge in [-0.15, -0.1) is 11.8 Å². The number of hydrogen-bond donors (Lipinski definition) is 0. The molecule has 2 aromatic rings. The summed E-state index contributed by atoms with van der Waals surface area (Å²) in [6.45, 7) is 7.93. The Balaban J connectivity index is 1.80. The van der Waals surface area contributed by atoms with Crippen molar-refractivity contribution in [1.29, 1.82) is 0 Å². The van der Waals surface area contributed by atoms with Crippen LogP contribution in [0.5, 0.6) is 0 Å². The summed E-state index contributed by atoms with van der Waals surface area (Å²) in [6, 6.07) is 8.31. The molecule has 2 amide bonds. The van der Waals surface area contributed by atoms with Gasteiger partial charge >= 0.3 is 11.9 Å². The molecule has 36 heavy (non-hydrogen) atoms. The van der Waals surface area contributed by atoms with Crippen LogP contribution in [0.25, 0.3) is 5.57 Å². The molecule has 8 nitrogen and oxygen atoms in total. The summed E-state index contributed by atoms with van der Waals surface area (Å²) >= 11 is 1.25. The molecule has 0 aromatic heterocycles. The number of hydrogen-bond acceptors (Lipinski definition) is 7. The van der Waals surface area contributed by atoms with Gasteiger partial charge in [0.1, 0.15) is 0 Å². The van der Waals surface area contributed by atoms with Gasteiger partial charge in [-0.2, -0.15) is 0 Å². The predicted octanol–water partition coefficient (Wildman–Crippen LogP) is 4.04. The number of ether oxygens (including phenoxy) is 2. The molecule has 5 rings (SSSR count). The van der Waals surface area contributed by atoms with E-state index in [4.69, 9.17) is 9.47 Å². The fourth-order valence-electron chi connectivity index (χ4n) is 5.53. The van der Waals surface area contributed by atoms with Crippen molar-refractivity contribution in [2.75, 3.05) is 29.8 Å². The standard InChI is InChI=1S/C27H26N2O6S/c1-14-7-19-15(2)12-26(3,4)29-22(19)20(8-14)27(25(29)33)28(21(30)13-36-27)18-10-16(23(31)34-5)9-17(11-18)24(32)35-6/h7-12H,13H2,1-6H3/t27-/m0/s1. The maximum absolute atomic E-state index is 14.4. The molecule has 0 saturated carbocycles. The molecular formula is C27H26N2O6S. The summed E-state index contributed by atoms with van der Waals surface area (Å²) in [7, 11) is 2.47. The van der Waals surface area contributed by atoms with E-state index in [1.54, 1.807) is 4.90 Å². The van der Waals surface area contributed by atoms with E-state index in [9.17, 15) is 19.2 Å². The van der Waals surface area contributed by atoms with Crippen LogP contribution in [-0.2, 0) is 23.9 Å². The maximum atomic E-state index is 14.4. The van der Waals surface area contributed by atoms with Crippen molar-refractivity contribution in [2.24, 2.45) is 0 Å². The largest absolute Gasteiger partial charge is 0.465 e. The van der Waals surface area contributed by atoms with E-state index < -0.39 is 22.3 Å². The summed E-state index contributed by atoms with van der Waals surface area (Å²) in [5.41, 5.74) is 4.26. The first-order valence-corrected chi connectivity index (χ1v) is 12.4. The second kappa shape index (κ2) is 7.96. The molecular weight excluding hydrogens is 480 g/mol. The zero-order valence-electron chi connectivity index (χ0n) is 20.9. The van der Waals surface area contributed by atoms with Gasteiger partial charge in [-0.05, 0) is 63.1 Å². The monoisotopic (exact) mass is 506 g/mol. The van der Waals surface area contributed by atoms with Crippen LogP contribution < -0.4 is 9.80 Å². The van der Waals surface area contributed by atoms with Crippen molar-refractivity contribution in [3.8, 4) is 0 Å². The number of anilines is 2. The van der Waals surface area contributed by atoms with Gasteiger partial charge in [-0.25, -0.2) is 9.59 Å². The summed E-state index contributed by atoms with van der Waals surface area (Å²) in [4.78, 5) is 54.6. The zero-order valence-corrected chi connectivity index (χ0v) is 21.7. The normalized spacial score (nSPS) is 21.6. The highest BCUT2D eigenvalue weighted by Gasteiger charge is 2.64. The highest BCUT2D eigenvalue weighted by Crippen LogP contribution is 2.60. The van der Waals surface area contributed by atoms with Gasteiger partial charge in [0.25, 0.3) is 5.91 Å². The van der Waals surface area contributed by atoms with Crippen LogP contribution in [0.3, 0.4) is 0 Å². The molecule has 2 aromatic carbocycles. The second-order valence-electron chi connectivity index (χ2n) is 9.74. The van der Waals surface area contributed by atoms with Crippen LogP contribution in [0.15, 0.2) is 36.4 Å². The van der Waals surface area contributed by atoms with Gasteiger partial charge in [-0.3, -0.25) is 19.4 Å². The number of fused-ring (bicyclic) bond motifs is 1. The third-order valence-corrected chi connectivity index (χ3v) is 8.28. The Hall–Kier alpha value is -3.59. The molecule has 0 aliphatic carbocycles. The molecule has 1 saturated heterocycles. The van der Waals surface area contributed by atoms with Gasteiger partial charge in [-0.1, -0.05) is 12.1 Å². The average molecular weight is 507 g/mol. The minimum absolute atomic E-state index is 0.0607. The van der Waals surface area contributed by atoms with Crippen LogP contribution in [0.4, 0.5) is 11.4 Å². The number of carbonyl (C=O) groups excluding carboxylic acids is 4. The molecule has 3 aliphatic heterocycles. The summed E-state index contributed by atoms with van der Waals surface area (Å²) in [5, 5.41) is 0. The topological polar surface area (TPSA) is 93.2 Å². The molecule has 1 atom stereocenters. The van der Waals surface area contributed by atoms with Gasteiger partial charge in [0.05, 0.1) is 42.3 Å². The Bertz CT molecular complexity index is 1380. The lowest BCUT2D eigenvalue weighted by Crippen LogP contribution is -2.55. The molecule has 1 fully saturated rings. The van der Waals surface area contributed by atoms with E-state index in [0.29, 0.717) is 0 Å². The Kier molecular flexibility index (Phi) is 5.33. The molecule has 3 aliphatic rings. The highest BCUT2D eigenvalue weighted by molar-refractivity contribution is 8.02. The number of nitrogens with zero attached hydrogens (tertiary/aromatic N) is 2. The predicted molar refractivity (Wildman–Crippen MR) is 137 cm³/mol. The van der Waals surface area contributed by atoms with Crippen LogP contribution in [0, 0.1) is 6.92 Å². The number of allylic oxidation sites excluding steroid dienone is 1. The van der Waals surface area contributed by atoms with Crippen LogP contribution in [-0.4, -0.2) is 49.3 Å². The molecule has 1 spiro atoms. The summed E-state index contributed by atoms with van der Waals surface area (Å²) in [6.07, 6.45) is 2.06. The van der Waals surface area contributed by atoms with Crippen molar-refractivity contribution < 1.29 is 28.7 Å². The lowest BCUT2D eigenvalue weighted by molar-refractivity contribution is -0.124. The Labute approximate surface area is 213 Å². The van der Waals surface area contributed by atoms with E-state index in [-0.39, 0.29) is 34.4 Å². The van der Waals surface area contributed by atoms with E-state index in [2.05, 4.69) is 12.1 Å². The molecule has 9 heteroatoms. The summed E-state index contributed by atoms with van der Waals surface area (Å²) in [5.74, 6) is -1.83. The number of methoxy groups -OCH3 is 2. The Morgan fingerprint density at radius 2 is 1.53 bits per heavy atom. The highest BCUT2D eigenvalue weighted by atomic mass is 32.2. The van der Waals surface area contributed by atoms with Gasteiger partial charge < -0.3 is 9.47 Å². The SMILES string of the molecule is COC(=O)c1cc(C(=O)OC)cc(N2C(=O)CS[C@@]23C(=O)N2c4c(cc(C)cc43)C(C)=CC2(C)C)c1. The maximum Gasteiger partial charge on any atom is 0.337 e. The fraction of sp³-hybridized carbons (Fsp3) is 0.333. The van der Waals surface area contributed by atoms with Crippen LogP contribution in [0.2, 0.25) is 0 Å². The average Bonchev–Trinajstić information content (AvgIpc) is 3.31. The fourth-order valence-corrected chi connectivity index (χ4v) is 6.86. The van der Waals surface area contributed by atoms with Crippen molar-refractivity contribution >= 4 is 52.5 Å². The van der Waals surface area contributed by atoms with E-state index >= 15 is 0 Å². The van der Waals surface area contributed by atoms with Gasteiger partial charge in [0.2, 0.25) is 10.8 Å². The van der Waals surface area contributed by atoms with E-state index in [0.717, 1.165) is 28.0 Å². The number of aryl methyl sites for hydroxylation is 1. The zero-order chi connectivity index (χ0) is 26.2. The van der Waals surface area contributed by atoms with E-state index in [1.807, 2.05) is 33.8 Å². The molecule has 0 unspecified atom stereocenters. The molecule has 0 bridgehead atoms. The number of rotatable bonds is 3. The molecule has 186 valence electrons. The first-order chi connectivity index (χ1) is 17.0. The quantitative estimate of drug-likeness (QED) is 0.580. The van der Waals surface area contributed by atoms with Gasteiger partial charge in [0.15, 0.2) is 0 Å². The molecule has 0 N–H and O–H groups in total. The smallest absolute Gasteiger partial charge is 0.337 e. The summed E-state index contributed by atoms with van der Waals surface area (Å²) < 4.78 is 9.75. The van der Waals surface area contributed by atoms with Crippen molar-refractivity contribution in [2.45, 2.75) is 38.1 Å². The third-order valence-electron chi connectivity index (χ3n) is 6.89. The van der Waals surface area contributed by atoms with E-state index in [1.165, 1.54) is 49.1 Å². The second-order valence-corrected chi connectivity index (χ2v) is 10.9. The number of benzene rings is 2. The number of thioether (sulfide) groups is 1. The lowest BCUT2D eigenvalue weighted by Gasteiger charge is -2.40. The Morgan fingerprint density at radius 1 is 0.917 bits per heavy atom. The first-order valence-electron chi connectivity index (χ1n) is 11.4. The van der Waals surface area contributed by atoms with Gasteiger partial charge in [0, 0.05) is 16.8 Å².